The molecule has 2 N–H and O–H groups in total. The molecule has 3 heterocycles. The van der Waals surface area contributed by atoms with Crippen LogP contribution in [0.1, 0.15) is 24.1 Å². The van der Waals surface area contributed by atoms with Crippen molar-refractivity contribution < 1.29 is 0 Å². The number of pyridine rings is 2. The molecule has 0 amide bonds. The molecule has 0 unspecified atom stereocenters. The Labute approximate surface area is 182 Å². The Balaban J connectivity index is 1.12. The number of nitrogens with zero attached hydrogens (tertiary/aromatic N) is 2. The number of aromatic amines is 1. The van der Waals surface area contributed by atoms with Gasteiger partial charge in [0.2, 0.25) is 5.56 Å². The monoisotopic (exact) mass is 412 g/mol. The normalized spacial score (nSPS) is 15.6. The number of hydrogen-bond acceptors (Lipinski definition) is 4. The van der Waals surface area contributed by atoms with E-state index in [1.807, 2.05) is 18.3 Å². The summed E-state index contributed by atoms with van der Waals surface area (Å²) in [4.78, 5) is 21.7. The van der Waals surface area contributed by atoms with Gasteiger partial charge in [-0.15, -0.1) is 0 Å². The molecule has 0 atom stereocenters. The summed E-state index contributed by atoms with van der Waals surface area (Å²) >= 11 is 0. The van der Waals surface area contributed by atoms with E-state index >= 15 is 0 Å². The lowest BCUT2D eigenvalue weighted by Gasteiger charge is -2.32. The number of benzene rings is 2. The van der Waals surface area contributed by atoms with Crippen LogP contribution in [0.4, 0.5) is 0 Å². The summed E-state index contributed by atoms with van der Waals surface area (Å²) in [6.07, 6.45) is 5.01. The molecule has 0 bridgehead atoms. The third kappa shape index (κ3) is 4.68. The first-order chi connectivity index (χ1) is 15.2. The molecule has 0 radical (unpaired) electrons. The van der Waals surface area contributed by atoms with E-state index in [0.29, 0.717) is 6.04 Å². The number of hydrogen-bond donors (Lipinski definition) is 2. The predicted molar refractivity (Wildman–Crippen MR) is 126 cm³/mol. The highest BCUT2D eigenvalue weighted by molar-refractivity contribution is 5.83. The first-order valence-electron chi connectivity index (χ1n) is 11.1. The third-order valence-corrected chi connectivity index (χ3v) is 6.39. The van der Waals surface area contributed by atoms with Crippen LogP contribution in [-0.2, 0) is 13.0 Å². The first-order valence-corrected chi connectivity index (χ1v) is 11.1. The van der Waals surface area contributed by atoms with Crippen LogP contribution in [0.2, 0.25) is 0 Å². The zero-order valence-corrected chi connectivity index (χ0v) is 17.7. The number of aromatic nitrogens is 2. The topological polar surface area (TPSA) is 61.0 Å². The van der Waals surface area contributed by atoms with Crippen LogP contribution in [-0.4, -0.2) is 40.5 Å². The number of piperidine rings is 1. The zero-order chi connectivity index (χ0) is 21.0. The predicted octanol–water partition coefficient (Wildman–Crippen LogP) is 3.87. The van der Waals surface area contributed by atoms with Crippen LogP contribution in [0.25, 0.3) is 21.7 Å². The number of likely N-dealkylation sites (tertiary alicyclic amines) is 1. The molecule has 2 aromatic carbocycles. The summed E-state index contributed by atoms with van der Waals surface area (Å²) < 4.78 is 0. The highest BCUT2D eigenvalue weighted by Gasteiger charge is 2.19. The number of H-pyrrole nitrogens is 1. The molecule has 0 saturated carbocycles. The Morgan fingerprint density at radius 3 is 2.65 bits per heavy atom. The molecular formula is C26H28N4O. The van der Waals surface area contributed by atoms with E-state index in [0.717, 1.165) is 62.0 Å². The van der Waals surface area contributed by atoms with Crippen LogP contribution >= 0.6 is 0 Å². The molecular weight excluding hydrogens is 384 g/mol. The molecule has 0 spiro atoms. The lowest BCUT2D eigenvalue weighted by atomic mass is 10.0. The minimum atomic E-state index is -0.0694. The fourth-order valence-corrected chi connectivity index (χ4v) is 4.56. The van der Waals surface area contributed by atoms with Gasteiger partial charge in [0.1, 0.15) is 0 Å². The van der Waals surface area contributed by atoms with Gasteiger partial charge in [-0.1, -0.05) is 36.4 Å². The molecule has 31 heavy (non-hydrogen) atoms. The molecule has 1 aliphatic heterocycles. The minimum Gasteiger partial charge on any atom is -0.320 e. The fourth-order valence-electron chi connectivity index (χ4n) is 4.56. The summed E-state index contributed by atoms with van der Waals surface area (Å²) in [7, 11) is 0. The molecule has 1 saturated heterocycles. The van der Waals surface area contributed by atoms with E-state index in [1.165, 1.54) is 16.3 Å². The van der Waals surface area contributed by atoms with Crippen LogP contribution in [0.3, 0.4) is 0 Å². The average Bonchev–Trinajstić information content (AvgIpc) is 2.82. The SMILES string of the molecule is O=c1ccc2ccnc(CCN3CCC(NCc4ccc5ccccc5c4)CC3)c2[nH]1. The Hall–Kier alpha value is -3.02. The molecule has 4 aromatic rings. The lowest BCUT2D eigenvalue weighted by Crippen LogP contribution is -2.42. The Bertz CT molecular complexity index is 1240. The molecule has 5 nitrogen and oxygen atoms in total. The van der Waals surface area contributed by atoms with E-state index < -0.39 is 0 Å². The van der Waals surface area contributed by atoms with Gasteiger partial charge in [-0.25, -0.2) is 0 Å². The third-order valence-electron chi connectivity index (χ3n) is 6.39. The second-order valence-corrected chi connectivity index (χ2v) is 8.47. The van der Waals surface area contributed by atoms with Crippen molar-refractivity contribution in [3.05, 3.63) is 88.5 Å². The fraction of sp³-hybridized carbons (Fsp3) is 0.308. The van der Waals surface area contributed by atoms with Crippen molar-refractivity contribution in [3.63, 3.8) is 0 Å². The highest BCUT2D eigenvalue weighted by atomic mass is 16.1. The summed E-state index contributed by atoms with van der Waals surface area (Å²) in [5, 5.41) is 7.39. The van der Waals surface area contributed by atoms with Gasteiger partial charge in [-0.05, 0) is 60.5 Å². The summed E-state index contributed by atoms with van der Waals surface area (Å²) in [5.41, 5.74) is 3.13. The smallest absolute Gasteiger partial charge is 0.248 e. The van der Waals surface area contributed by atoms with Gasteiger partial charge >= 0.3 is 0 Å². The standard InChI is InChI=1S/C26H28N4O/c31-25-8-7-21-9-13-27-24(26(21)29-25)12-16-30-14-10-23(11-15-30)28-18-19-5-6-20-3-1-2-4-22(20)17-19/h1-9,13,17,23,28H,10-12,14-16,18H2,(H,29,31). The second-order valence-electron chi connectivity index (χ2n) is 8.47. The summed E-state index contributed by atoms with van der Waals surface area (Å²) in [6, 6.07) is 21.2. The van der Waals surface area contributed by atoms with E-state index in [-0.39, 0.29) is 5.56 Å². The van der Waals surface area contributed by atoms with Gasteiger partial charge in [0.15, 0.2) is 0 Å². The molecule has 158 valence electrons. The lowest BCUT2D eigenvalue weighted by molar-refractivity contribution is 0.199. The molecule has 1 fully saturated rings. The Morgan fingerprint density at radius 2 is 1.77 bits per heavy atom. The molecule has 5 heteroatoms. The second kappa shape index (κ2) is 9.00. The molecule has 1 aliphatic rings. The van der Waals surface area contributed by atoms with Crippen molar-refractivity contribution in [2.45, 2.75) is 31.8 Å². The van der Waals surface area contributed by atoms with Crippen LogP contribution in [0.5, 0.6) is 0 Å². The summed E-state index contributed by atoms with van der Waals surface area (Å²) in [6.45, 7) is 4.08. The first kappa shape index (κ1) is 19.9. The van der Waals surface area contributed by atoms with Gasteiger partial charge in [0.05, 0.1) is 11.2 Å². The van der Waals surface area contributed by atoms with Crippen LogP contribution < -0.4 is 10.9 Å². The van der Waals surface area contributed by atoms with Gasteiger partial charge in [-0.2, -0.15) is 0 Å². The van der Waals surface area contributed by atoms with Gasteiger partial charge in [-0.3, -0.25) is 9.78 Å². The van der Waals surface area contributed by atoms with Gasteiger partial charge in [0, 0.05) is 43.2 Å². The van der Waals surface area contributed by atoms with E-state index in [1.54, 1.807) is 6.07 Å². The van der Waals surface area contributed by atoms with Gasteiger partial charge < -0.3 is 15.2 Å². The van der Waals surface area contributed by atoms with E-state index in [9.17, 15) is 4.79 Å². The summed E-state index contributed by atoms with van der Waals surface area (Å²) in [5.74, 6) is 0. The average molecular weight is 413 g/mol. The van der Waals surface area contributed by atoms with E-state index in [2.05, 4.69) is 62.6 Å². The van der Waals surface area contributed by atoms with Crippen molar-refractivity contribution in [2.24, 2.45) is 0 Å². The Morgan fingerprint density at radius 1 is 0.968 bits per heavy atom. The van der Waals surface area contributed by atoms with Crippen LogP contribution in [0, 0.1) is 0 Å². The maximum absolute atomic E-state index is 11.7. The van der Waals surface area contributed by atoms with E-state index in [4.69, 9.17) is 0 Å². The molecule has 5 rings (SSSR count). The number of fused-ring (bicyclic) bond motifs is 2. The van der Waals surface area contributed by atoms with Crippen molar-refractivity contribution in [2.75, 3.05) is 19.6 Å². The van der Waals surface area contributed by atoms with Crippen molar-refractivity contribution >= 4 is 21.7 Å². The zero-order valence-electron chi connectivity index (χ0n) is 17.7. The number of rotatable bonds is 6. The number of nitrogens with one attached hydrogen (secondary N) is 2. The molecule has 0 aliphatic carbocycles. The maximum atomic E-state index is 11.7. The highest BCUT2D eigenvalue weighted by Crippen LogP contribution is 2.18. The van der Waals surface area contributed by atoms with Crippen molar-refractivity contribution in [1.82, 2.24) is 20.2 Å². The minimum absolute atomic E-state index is 0.0694. The molecule has 2 aromatic heterocycles. The maximum Gasteiger partial charge on any atom is 0.248 e. The Kier molecular flexibility index (Phi) is 5.78. The quantitative estimate of drug-likeness (QED) is 0.505. The van der Waals surface area contributed by atoms with Crippen molar-refractivity contribution in [1.29, 1.82) is 0 Å². The van der Waals surface area contributed by atoms with Crippen LogP contribution in [0.15, 0.2) is 71.7 Å². The van der Waals surface area contributed by atoms with Gasteiger partial charge in [0.25, 0.3) is 0 Å². The largest absolute Gasteiger partial charge is 0.320 e. The van der Waals surface area contributed by atoms with Crippen molar-refractivity contribution in [3.8, 4) is 0 Å².